The van der Waals surface area contributed by atoms with E-state index in [1.54, 1.807) is 6.07 Å². The Morgan fingerprint density at radius 2 is 2.05 bits per heavy atom. The Morgan fingerprint density at radius 3 is 2.65 bits per heavy atom. The molecule has 5 nitrogen and oxygen atoms in total. The molecule has 116 valence electrons. The van der Waals surface area contributed by atoms with Crippen LogP contribution < -0.4 is 5.32 Å². The first kappa shape index (κ1) is 17.6. The van der Waals surface area contributed by atoms with E-state index in [2.05, 4.69) is 5.32 Å². The van der Waals surface area contributed by atoms with E-state index in [1.165, 1.54) is 15.6 Å². The quantitative estimate of drug-likeness (QED) is 0.669. The van der Waals surface area contributed by atoms with Gasteiger partial charge in [0.25, 0.3) is 10.0 Å². The summed E-state index contributed by atoms with van der Waals surface area (Å²) < 4.78 is 32.1. The molecule has 0 spiro atoms. The highest BCUT2D eigenvalue weighted by Crippen LogP contribution is 2.24. The van der Waals surface area contributed by atoms with E-state index in [4.69, 9.17) is 4.74 Å². The number of likely N-dealkylation sites (N-methyl/N-ethyl adjacent to an activating group) is 1. The number of hydrogen-bond acceptors (Lipinski definition) is 5. The van der Waals surface area contributed by atoms with Crippen LogP contribution in [0.2, 0.25) is 0 Å². The van der Waals surface area contributed by atoms with Crippen LogP contribution >= 0.6 is 11.3 Å². The lowest BCUT2D eigenvalue weighted by Gasteiger charge is -2.19. The fourth-order valence-electron chi connectivity index (χ4n) is 1.73. The van der Waals surface area contributed by atoms with Crippen LogP contribution in [-0.2, 0) is 21.3 Å². The fraction of sp³-hybridized carbons (Fsp3) is 0.692. The summed E-state index contributed by atoms with van der Waals surface area (Å²) in [4.78, 5) is 1.03. The van der Waals surface area contributed by atoms with Crippen molar-refractivity contribution in [2.24, 2.45) is 0 Å². The molecule has 0 radical (unpaired) electrons. The molecule has 7 heteroatoms. The number of hydrogen-bond donors (Lipinski definition) is 1. The molecule has 0 amide bonds. The molecule has 1 aromatic heterocycles. The molecular formula is C13H24N2O3S2. The monoisotopic (exact) mass is 320 g/mol. The number of sulfonamides is 1. The lowest BCUT2D eigenvalue weighted by atomic mass is 10.4. The molecule has 1 aromatic rings. The minimum absolute atomic E-state index is 0.396. The summed E-state index contributed by atoms with van der Waals surface area (Å²) in [6, 6.07) is 3.56. The van der Waals surface area contributed by atoms with Crippen LogP contribution in [0.15, 0.2) is 16.3 Å². The van der Waals surface area contributed by atoms with Gasteiger partial charge in [-0.2, -0.15) is 4.31 Å². The van der Waals surface area contributed by atoms with Gasteiger partial charge in [-0.1, -0.05) is 13.8 Å². The van der Waals surface area contributed by atoms with Crippen LogP contribution in [0.5, 0.6) is 0 Å². The summed E-state index contributed by atoms with van der Waals surface area (Å²) in [7, 11) is -3.39. The van der Waals surface area contributed by atoms with Crippen LogP contribution in [0.1, 0.15) is 25.6 Å². The Morgan fingerprint density at radius 1 is 1.30 bits per heavy atom. The molecule has 0 unspecified atom stereocenters. The van der Waals surface area contributed by atoms with Crippen LogP contribution in [0.25, 0.3) is 0 Å². The van der Waals surface area contributed by atoms with Crippen molar-refractivity contribution in [1.82, 2.24) is 9.62 Å². The van der Waals surface area contributed by atoms with E-state index in [0.29, 0.717) is 37.1 Å². The van der Waals surface area contributed by atoms with Gasteiger partial charge < -0.3 is 10.1 Å². The van der Waals surface area contributed by atoms with Crippen molar-refractivity contribution in [3.8, 4) is 0 Å². The van der Waals surface area contributed by atoms with E-state index >= 15 is 0 Å². The van der Waals surface area contributed by atoms with Crippen LogP contribution in [0, 0.1) is 0 Å². The highest BCUT2D eigenvalue weighted by atomic mass is 32.2. The second-order valence-electron chi connectivity index (χ2n) is 4.19. The van der Waals surface area contributed by atoms with Crippen molar-refractivity contribution in [2.75, 3.05) is 32.8 Å². The van der Waals surface area contributed by atoms with Gasteiger partial charge in [0, 0.05) is 31.1 Å². The predicted molar refractivity (Wildman–Crippen MR) is 82.6 cm³/mol. The smallest absolute Gasteiger partial charge is 0.252 e. The van der Waals surface area contributed by atoms with E-state index < -0.39 is 10.0 Å². The Hall–Kier alpha value is -0.470. The lowest BCUT2D eigenvalue weighted by Crippen LogP contribution is -2.33. The third-order valence-corrected chi connectivity index (χ3v) is 6.35. The van der Waals surface area contributed by atoms with E-state index in [1.807, 2.05) is 26.8 Å². The second kappa shape index (κ2) is 8.74. The Balaban J connectivity index is 2.76. The maximum Gasteiger partial charge on any atom is 0.252 e. The van der Waals surface area contributed by atoms with Crippen LogP contribution in [0.3, 0.4) is 0 Å². The highest BCUT2D eigenvalue weighted by molar-refractivity contribution is 7.91. The van der Waals surface area contributed by atoms with Gasteiger partial charge >= 0.3 is 0 Å². The lowest BCUT2D eigenvalue weighted by molar-refractivity contribution is 0.135. The molecule has 20 heavy (non-hydrogen) atoms. The topological polar surface area (TPSA) is 58.6 Å². The van der Waals surface area contributed by atoms with Gasteiger partial charge in [0.05, 0.1) is 6.61 Å². The SMILES string of the molecule is CCNCc1ccc(S(=O)(=O)N(CC)CCOCC)s1. The van der Waals surface area contributed by atoms with Crippen LogP contribution in [0.4, 0.5) is 0 Å². The van der Waals surface area contributed by atoms with Gasteiger partial charge in [0.15, 0.2) is 0 Å². The summed E-state index contributed by atoms with van der Waals surface area (Å²) in [5.41, 5.74) is 0. The Kier molecular flexibility index (Phi) is 7.68. The van der Waals surface area contributed by atoms with Gasteiger partial charge in [-0.05, 0) is 25.6 Å². The van der Waals surface area contributed by atoms with Gasteiger partial charge in [0.1, 0.15) is 4.21 Å². The number of rotatable bonds is 10. The van der Waals surface area contributed by atoms with Crippen molar-refractivity contribution >= 4 is 21.4 Å². The molecule has 0 aliphatic carbocycles. The Labute approximate surface area is 126 Å². The van der Waals surface area contributed by atoms with Gasteiger partial charge in [-0.3, -0.25) is 0 Å². The molecule has 0 saturated carbocycles. The second-order valence-corrected chi connectivity index (χ2v) is 7.53. The number of nitrogens with one attached hydrogen (secondary N) is 1. The minimum Gasteiger partial charge on any atom is -0.380 e. The van der Waals surface area contributed by atoms with E-state index in [-0.39, 0.29) is 0 Å². The van der Waals surface area contributed by atoms with Gasteiger partial charge in [-0.15, -0.1) is 11.3 Å². The third kappa shape index (κ3) is 4.82. The first-order chi connectivity index (χ1) is 9.56. The molecule has 0 bridgehead atoms. The van der Waals surface area contributed by atoms with Gasteiger partial charge in [0.2, 0.25) is 0 Å². The first-order valence-electron chi connectivity index (χ1n) is 6.93. The number of thiophene rings is 1. The predicted octanol–water partition coefficient (Wildman–Crippen LogP) is 1.90. The van der Waals surface area contributed by atoms with E-state index in [0.717, 1.165) is 11.4 Å². The van der Waals surface area contributed by atoms with Crippen molar-refractivity contribution in [1.29, 1.82) is 0 Å². The molecule has 0 aromatic carbocycles. The van der Waals surface area contributed by atoms with Crippen molar-refractivity contribution < 1.29 is 13.2 Å². The summed E-state index contributed by atoms with van der Waals surface area (Å²) in [6.45, 7) is 9.23. The zero-order chi connectivity index (χ0) is 15.0. The van der Waals surface area contributed by atoms with Gasteiger partial charge in [-0.25, -0.2) is 8.42 Å². The standard InChI is InChI=1S/C13H24N2O3S2/c1-4-14-11-12-7-8-13(19-12)20(16,17)15(5-2)9-10-18-6-3/h7-8,14H,4-6,9-11H2,1-3H3. The maximum absolute atomic E-state index is 12.5. The summed E-state index contributed by atoms with van der Waals surface area (Å²) >= 11 is 1.33. The van der Waals surface area contributed by atoms with Crippen LogP contribution in [-0.4, -0.2) is 45.6 Å². The molecule has 0 atom stereocenters. The minimum atomic E-state index is -3.39. The molecule has 0 aliphatic rings. The average Bonchev–Trinajstić information content (AvgIpc) is 2.90. The maximum atomic E-state index is 12.5. The normalized spacial score (nSPS) is 12.2. The van der Waals surface area contributed by atoms with E-state index in [9.17, 15) is 8.42 Å². The first-order valence-corrected chi connectivity index (χ1v) is 9.19. The number of nitrogens with zero attached hydrogens (tertiary/aromatic N) is 1. The molecule has 1 heterocycles. The molecular weight excluding hydrogens is 296 g/mol. The molecule has 0 saturated heterocycles. The summed E-state index contributed by atoms with van der Waals surface area (Å²) in [6.07, 6.45) is 0. The molecule has 1 N–H and O–H groups in total. The zero-order valence-electron chi connectivity index (χ0n) is 12.4. The highest BCUT2D eigenvalue weighted by Gasteiger charge is 2.24. The largest absolute Gasteiger partial charge is 0.380 e. The summed E-state index contributed by atoms with van der Waals surface area (Å²) in [5.74, 6) is 0. The van der Waals surface area contributed by atoms with Crippen molar-refractivity contribution in [3.05, 3.63) is 17.0 Å². The average molecular weight is 320 g/mol. The van der Waals surface area contributed by atoms with Crippen molar-refractivity contribution in [3.63, 3.8) is 0 Å². The third-order valence-electron chi connectivity index (χ3n) is 2.82. The molecule has 0 fully saturated rings. The van der Waals surface area contributed by atoms with Crippen molar-refractivity contribution in [2.45, 2.75) is 31.5 Å². The zero-order valence-corrected chi connectivity index (χ0v) is 14.0. The summed E-state index contributed by atoms with van der Waals surface area (Å²) in [5, 5.41) is 3.20. The molecule has 0 aliphatic heterocycles. The Bertz CT molecular complexity index is 486. The number of ether oxygens (including phenoxy) is 1. The fourth-order valence-corrected chi connectivity index (χ4v) is 4.64. The molecule has 1 rings (SSSR count).